The number of nitrogens with zero attached hydrogens (tertiary/aromatic N) is 4. The largest absolute Gasteiger partial charge is 0.437 e. The van der Waals surface area contributed by atoms with Crippen LogP contribution in [0.5, 0.6) is 11.6 Å². The number of ether oxygens (including phenoxy) is 4. The van der Waals surface area contributed by atoms with Crippen molar-refractivity contribution in [1.29, 1.82) is 0 Å². The third-order valence-corrected chi connectivity index (χ3v) is 6.90. The molecule has 0 radical (unpaired) electrons. The summed E-state index contributed by atoms with van der Waals surface area (Å²) in [4.78, 5) is 82.0. The molecule has 20 heteroatoms. The summed E-state index contributed by atoms with van der Waals surface area (Å²) in [5, 5.41) is 41.4. The number of esters is 2. The summed E-state index contributed by atoms with van der Waals surface area (Å²) < 4.78 is 21.0. The Morgan fingerprint density at radius 1 is 1.12 bits per heavy atom. The van der Waals surface area contributed by atoms with Gasteiger partial charge in [0, 0.05) is 26.8 Å². The number of aromatic nitrogens is 2. The smallest absolute Gasteiger partial charge is 0.426 e. The normalized spacial score (nSPS) is 19.8. The van der Waals surface area contributed by atoms with Gasteiger partial charge in [-0.15, -0.1) is 0 Å². The quantitative estimate of drug-likeness (QED) is 0.183. The highest BCUT2D eigenvalue weighted by Gasteiger charge is 2.49. The number of hydroxylamine groups is 1. The summed E-state index contributed by atoms with van der Waals surface area (Å²) in [6, 6.07) is 2.48. The van der Waals surface area contributed by atoms with Gasteiger partial charge in [0.15, 0.2) is 6.23 Å². The fourth-order valence-electron chi connectivity index (χ4n) is 3.74. The molecule has 1 saturated heterocycles. The first-order valence-corrected chi connectivity index (χ1v) is 12.9. The standard InChI is InChI=1S/C23H26N4O15S/c1-9(29)38-17-18(26(42-11(3)31)19-16(33)15(32)12(8-28)40-19)24-21(34)25(20(17)39-10(2)30)22(35)41-23(4,5)13-6-7-14(43-13)27(36)37/h6-7,12,15-16,19,28,32-33H,8H2,1-5H3/t12-,15-,16+,19-/m1/s1. The SMILES string of the molecule is CC(=O)Oc1c(N(OC(C)=O)[C@@H]2O[C@H](CO)[C@@H](O)[C@@H]2O)nc(=O)n(C(=O)OC(C)(C)c2ccc([N+](=O)[O-])s2)c1OC(C)=O. The van der Waals surface area contributed by atoms with Gasteiger partial charge in [-0.3, -0.25) is 24.5 Å². The van der Waals surface area contributed by atoms with E-state index in [-0.39, 0.29) is 14.4 Å². The van der Waals surface area contributed by atoms with Gasteiger partial charge in [-0.25, -0.2) is 9.59 Å². The molecule has 19 nitrogen and oxygen atoms in total. The summed E-state index contributed by atoms with van der Waals surface area (Å²) in [5.74, 6) is -6.35. The Morgan fingerprint density at radius 2 is 1.74 bits per heavy atom. The Bertz CT molecular complexity index is 1500. The predicted octanol–water partition coefficient (Wildman–Crippen LogP) is -0.293. The molecule has 43 heavy (non-hydrogen) atoms. The summed E-state index contributed by atoms with van der Waals surface area (Å²) in [5.41, 5.74) is -3.16. The molecule has 3 rings (SSSR count). The van der Waals surface area contributed by atoms with E-state index in [0.29, 0.717) is 16.4 Å². The fraction of sp³-hybridized carbons (Fsp3) is 0.478. The average Bonchev–Trinajstić information content (AvgIpc) is 3.50. The molecule has 1 aliphatic heterocycles. The average molecular weight is 631 g/mol. The van der Waals surface area contributed by atoms with E-state index in [1.165, 1.54) is 26.0 Å². The third-order valence-electron chi connectivity index (χ3n) is 5.55. The summed E-state index contributed by atoms with van der Waals surface area (Å²) in [6.07, 6.45) is -8.47. The lowest BCUT2D eigenvalue weighted by molar-refractivity contribution is -0.380. The molecular formula is C23H26N4O15S. The molecule has 0 saturated carbocycles. The highest BCUT2D eigenvalue weighted by atomic mass is 32.1. The summed E-state index contributed by atoms with van der Waals surface area (Å²) in [6.45, 7) is 4.52. The Hall–Kier alpha value is -4.50. The van der Waals surface area contributed by atoms with Gasteiger partial charge in [0.25, 0.3) is 5.88 Å². The maximum absolute atomic E-state index is 13.3. The number of hydrogen-bond acceptors (Lipinski definition) is 18. The van der Waals surface area contributed by atoms with E-state index in [1.807, 2.05) is 0 Å². The number of hydrogen-bond donors (Lipinski definition) is 3. The molecule has 0 amide bonds. The lowest BCUT2D eigenvalue weighted by Gasteiger charge is -2.30. The maximum Gasteiger partial charge on any atom is 0.426 e. The number of rotatable bonds is 9. The molecule has 2 aromatic rings. The van der Waals surface area contributed by atoms with E-state index in [1.54, 1.807) is 0 Å². The lowest BCUT2D eigenvalue weighted by Crippen LogP contribution is -2.47. The highest BCUT2D eigenvalue weighted by molar-refractivity contribution is 7.15. The lowest BCUT2D eigenvalue weighted by atomic mass is 10.1. The molecule has 4 atom stereocenters. The minimum absolute atomic E-state index is 0.0657. The number of aliphatic hydroxyl groups excluding tert-OH is 3. The summed E-state index contributed by atoms with van der Waals surface area (Å²) >= 11 is 0.679. The van der Waals surface area contributed by atoms with Crippen LogP contribution < -0.4 is 20.2 Å². The van der Waals surface area contributed by atoms with Crippen molar-refractivity contribution in [2.45, 2.75) is 64.8 Å². The van der Waals surface area contributed by atoms with E-state index in [0.717, 1.165) is 20.8 Å². The van der Waals surface area contributed by atoms with Gasteiger partial charge in [0.1, 0.15) is 23.9 Å². The van der Waals surface area contributed by atoms with E-state index in [2.05, 4.69) is 4.98 Å². The molecule has 3 heterocycles. The first-order valence-electron chi connectivity index (χ1n) is 12.1. The molecule has 0 aromatic carbocycles. The van der Waals surface area contributed by atoms with Gasteiger partial charge >= 0.3 is 34.7 Å². The van der Waals surface area contributed by atoms with Crippen LogP contribution in [0.1, 0.15) is 39.5 Å². The first-order chi connectivity index (χ1) is 20.0. The van der Waals surface area contributed by atoms with Crippen LogP contribution >= 0.6 is 11.3 Å². The first kappa shape index (κ1) is 33.0. The van der Waals surface area contributed by atoms with Gasteiger partial charge in [-0.2, -0.15) is 14.6 Å². The molecule has 0 spiro atoms. The Labute approximate surface area is 244 Å². The van der Waals surface area contributed by atoms with Crippen molar-refractivity contribution in [1.82, 2.24) is 9.55 Å². The number of carbonyl (C=O) groups excluding carboxylic acids is 4. The van der Waals surface area contributed by atoms with Gasteiger partial charge in [-0.05, 0) is 19.9 Å². The molecular weight excluding hydrogens is 604 g/mol. The zero-order chi connectivity index (χ0) is 32.4. The van der Waals surface area contributed by atoms with E-state index in [4.69, 9.17) is 23.8 Å². The fourth-order valence-corrected chi connectivity index (χ4v) is 4.60. The molecule has 0 aliphatic carbocycles. The molecule has 2 aromatic heterocycles. The van der Waals surface area contributed by atoms with E-state index < -0.39 is 88.8 Å². The van der Waals surface area contributed by atoms with Crippen LogP contribution in [-0.2, 0) is 34.3 Å². The minimum atomic E-state index is -1.91. The maximum atomic E-state index is 13.3. The van der Waals surface area contributed by atoms with Crippen LogP contribution in [0, 0.1) is 10.1 Å². The van der Waals surface area contributed by atoms with Crippen LogP contribution in [0.25, 0.3) is 0 Å². The van der Waals surface area contributed by atoms with Crippen molar-refractivity contribution >= 4 is 46.2 Å². The second-order valence-corrected chi connectivity index (χ2v) is 10.3. The molecule has 0 unspecified atom stereocenters. The highest BCUT2D eigenvalue weighted by Crippen LogP contribution is 2.40. The van der Waals surface area contributed by atoms with Crippen molar-refractivity contribution in [3.63, 3.8) is 0 Å². The number of carbonyl (C=O) groups is 4. The van der Waals surface area contributed by atoms with Gasteiger partial charge < -0.3 is 39.1 Å². The van der Waals surface area contributed by atoms with Crippen LogP contribution in [0.15, 0.2) is 16.9 Å². The van der Waals surface area contributed by atoms with Crippen molar-refractivity contribution < 1.29 is 63.2 Å². The van der Waals surface area contributed by atoms with Crippen molar-refractivity contribution in [2.24, 2.45) is 0 Å². The Balaban J connectivity index is 2.23. The van der Waals surface area contributed by atoms with Crippen LogP contribution in [-0.4, -0.2) is 84.9 Å². The number of anilines is 1. The molecule has 0 bridgehead atoms. The zero-order valence-electron chi connectivity index (χ0n) is 23.1. The summed E-state index contributed by atoms with van der Waals surface area (Å²) in [7, 11) is 0. The van der Waals surface area contributed by atoms with Crippen LogP contribution in [0.2, 0.25) is 0 Å². The number of thiophene rings is 1. The second kappa shape index (κ2) is 12.8. The topological polar surface area (TPSA) is 256 Å². The van der Waals surface area contributed by atoms with Crippen LogP contribution in [0.3, 0.4) is 0 Å². The van der Waals surface area contributed by atoms with Gasteiger partial charge in [-0.1, -0.05) is 11.3 Å². The number of aliphatic hydroxyl groups is 3. The Kier molecular flexibility index (Phi) is 9.82. The minimum Gasteiger partial charge on any atom is -0.437 e. The zero-order valence-corrected chi connectivity index (χ0v) is 23.9. The van der Waals surface area contributed by atoms with Crippen LogP contribution in [0.4, 0.5) is 15.6 Å². The van der Waals surface area contributed by atoms with Gasteiger partial charge in [0.2, 0.25) is 11.6 Å². The van der Waals surface area contributed by atoms with Crippen molar-refractivity contribution in [2.75, 3.05) is 11.7 Å². The van der Waals surface area contributed by atoms with Crippen molar-refractivity contribution in [3.05, 3.63) is 37.6 Å². The predicted molar refractivity (Wildman–Crippen MR) is 139 cm³/mol. The molecule has 3 N–H and O–H groups in total. The van der Waals surface area contributed by atoms with Crippen molar-refractivity contribution in [3.8, 4) is 11.6 Å². The van der Waals surface area contributed by atoms with E-state index >= 15 is 0 Å². The van der Waals surface area contributed by atoms with Gasteiger partial charge in [0.05, 0.1) is 16.4 Å². The molecule has 1 aliphatic rings. The monoisotopic (exact) mass is 630 g/mol. The second-order valence-electron chi connectivity index (χ2n) is 9.29. The Morgan fingerprint density at radius 3 is 2.23 bits per heavy atom. The molecule has 234 valence electrons. The third kappa shape index (κ3) is 7.11. The molecule has 1 fully saturated rings. The number of nitro groups is 1. The van der Waals surface area contributed by atoms with E-state index in [9.17, 15) is 49.4 Å².